The molecule has 1 amide bonds. The molecule has 2 unspecified atom stereocenters. The summed E-state index contributed by atoms with van der Waals surface area (Å²) in [5.41, 5.74) is 0.298. The van der Waals surface area contributed by atoms with E-state index in [0.29, 0.717) is 23.4 Å². The van der Waals surface area contributed by atoms with E-state index in [1.54, 1.807) is 12.1 Å². The molecule has 2 aromatic rings. The number of carbonyl (C=O) groups is 1. The number of benzene rings is 2. The SMILES string of the molecule is O=C(NCC1CCC(O)C1)c1ccc2ccccc2c1O. The van der Waals surface area contributed by atoms with Gasteiger partial charge in [0.1, 0.15) is 5.75 Å². The average molecular weight is 285 g/mol. The molecule has 0 heterocycles. The number of aliphatic hydroxyl groups is 1. The molecule has 110 valence electrons. The van der Waals surface area contributed by atoms with Gasteiger partial charge in [0, 0.05) is 11.9 Å². The molecule has 2 atom stereocenters. The fraction of sp³-hybridized carbons (Fsp3) is 0.353. The van der Waals surface area contributed by atoms with Gasteiger partial charge in [-0.05, 0) is 36.6 Å². The van der Waals surface area contributed by atoms with Crippen LogP contribution in [-0.2, 0) is 0 Å². The maximum absolute atomic E-state index is 12.2. The second-order valence-electron chi connectivity index (χ2n) is 5.73. The minimum absolute atomic E-state index is 0.0251. The van der Waals surface area contributed by atoms with E-state index in [9.17, 15) is 15.0 Å². The first kappa shape index (κ1) is 13.9. The summed E-state index contributed by atoms with van der Waals surface area (Å²) in [6.45, 7) is 0.544. The maximum atomic E-state index is 12.2. The van der Waals surface area contributed by atoms with Crippen LogP contribution in [0.25, 0.3) is 10.8 Å². The lowest BCUT2D eigenvalue weighted by Gasteiger charge is -2.12. The Morgan fingerprint density at radius 2 is 2.00 bits per heavy atom. The van der Waals surface area contributed by atoms with E-state index in [0.717, 1.165) is 24.6 Å². The molecular formula is C17H19NO3. The Kier molecular flexibility index (Phi) is 3.80. The number of rotatable bonds is 3. The van der Waals surface area contributed by atoms with Crippen LogP contribution in [0.3, 0.4) is 0 Å². The summed E-state index contributed by atoms with van der Waals surface area (Å²) in [7, 11) is 0. The lowest BCUT2D eigenvalue weighted by atomic mass is 10.0. The summed E-state index contributed by atoms with van der Waals surface area (Å²) in [5, 5.41) is 24.2. The highest BCUT2D eigenvalue weighted by Crippen LogP contribution is 2.29. The monoisotopic (exact) mass is 285 g/mol. The van der Waals surface area contributed by atoms with Crippen LogP contribution in [0.1, 0.15) is 29.6 Å². The number of hydrogen-bond donors (Lipinski definition) is 3. The van der Waals surface area contributed by atoms with Crippen molar-refractivity contribution in [1.29, 1.82) is 0 Å². The highest BCUT2D eigenvalue weighted by Gasteiger charge is 2.23. The minimum Gasteiger partial charge on any atom is -0.506 e. The molecule has 0 saturated heterocycles. The third kappa shape index (κ3) is 2.85. The number of hydrogen-bond acceptors (Lipinski definition) is 3. The van der Waals surface area contributed by atoms with Crippen LogP contribution < -0.4 is 5.32 Å². The number of nitrogens with one attached hydrogen (secondary N) is 1. The predicted octanol–water partition coefficient (Wildman–Crippen LogP) is 2.44. The highest BCUT2D eigenvalue weighted by atomic mass is 16.3. The van der Waals surface area contributed by atoms with E-state index in [1.165, 1.54) is 0 Å². The summed E-state index contributed by atoms with van der Waals surface area (Å²) in [6.07, 6.45) is 2.25. The molecule has 3 rings (SSSR count). The molecule has 21 heavy (non-hydrogen) atoms. The molecule has 4 nitrogen and oxygen atoms in total. The number of carbonyl (C=O) groups excluding carboxylic acids is 1. The van der Waals surface area contributed by atoms with Gasteiger partial charge >= 0.3 is 0 Å². The quantitative estimate of drug-likeness (QED) is 0.811. The van der Waals surface area contributed by atoms with E-state index in [1.807, 2.05) is 24.3 Å². The number of phenols is 1. The Labute approximate surface area is 123 Å². The maximum Gasteiger partial charge on any atom is 0.255 e. The summed E-state index contributed by atoms with van der Waals surface area (Å²) in [6, 6.07) is 10.9. The zero-order valence-electron chi connectivity index (χ0n) is 11.7. The van der Waals surface area contributed by atoms with Crippen LogP contribution in [0.15, 0.2) is 36.4 Å². The standard InChI is InChI=1S/C17H19NO3/c19-13-7-5-11(9-13)10-18-17(21)15-8-6-12-3-1-2-4-14(12)16(15)20/h1-4,6,8,11,13,19-20H,5,7,9-10H2,(H,18,21). The van der Waals surface area contributed by atoms with Crippen molar-refractivity contribution in [3.8, 4) is 5.75 Å². The van der Waals surface area contributed by atoms with Gasteiger partial charge in [-0.25, -0.2) is 0 Å². The van der Waals surface area contributed by atoms with Crippen molar-refractivity contribution < 1.29 is 15.0 Å². The van der Waals surface area contributed by atoms with E-state index in [2.05, 4.69) is 5.32 Å². The van der Waals surface area contributed by atoms with Crippen LogP contribution >= 0.6 is 0 Å². The molecular weight excluding hydrogens is 266 g/mol. The molecule has 2 aromatic carbocycles. The molecule has 0 spiro atoms. The molecule has 0 aliphatic heterocycles. The Balaban J connectivity index is 1.74. The topological polar surface area (TPSA) is 69.6 Å². The number of phenolic OH excluding ortho intramolecular Hbond substituents is 1. The minimum atomic E-state index is -0.264. The van der Waals surface area contributed by atoms with Gasteiger partial charge in [0.2, 0.25) is 0 Å². The van der Waals surface area contributed by atoms with E-state index in [-0.39, 0.29) is 17.8 Å². The fourth-order valence-electron chi connectivity index (χ4n) is 3.00. The molecule has 3 N–H and O–H groups in total. The fourth-order valence-corrected chi connectivity index (χ4v) is 3.00. The van der Waals surface area contributed by atoms with Gasteiger partial charge in [-0.3, -0.25) is 4.79 Å². The lowest BCUT2D eigenvalue weighted by Crippen LogP contribution is -2.28. The van der Waals surface area contributed by atoms with Crippen molar-refractivity contribution >= 4 is 16.7 Å². The summed E-state index contributed by atoms with van der Waals surface area (Å²) in [5.74, 6) is 0.0863. The average Bonchev–Trinajstić information content (AvgIpc) is 2.91. The molecule has 1 saturated carbocycles. The Morgan fingerprint density at radius 3 is 2.76 bits per heavy atom. The Hall–Kier alpha value is -2.07. The first-order valence-electron chi connectivity index (χ1n) is 7.32. The van der Waals surface area contributed by atoms with Crippen molar-refractivity contribution in [2.45, 2.75) is 25.4 Å². The van der Waals surface area contributed by atoms with Crippen molar-refractivity contribution in [2.24, 2.45) is 5.92 Å². The number of amides is 1. The largest absolute Gasteiger partial charge is 0.506 e. The summed E-state index contributed by atoms with van der Waals surface area (Å²) >= 11 is 0. The van der Waals surface area contributed by atoms with Gasteiger partial charge in [0.15, 0.2) is 0 Å². The molecule has 0 radical (unpaired) electrons. The normalized spacial score (nSPS) is 21.6. The van der Waals surface area contributed by atoms with Gasteiger partial charge in [-0.15, -0.1) is 0 Å². The third-order valence-corrected chi connectivity index (χ3v) is 4.21. The molecule has 4 heteroatoms. The van der Waals surface area contributed by atoms with Crippen molar-refractivity contribution in [3.05, 3.63) is 42.0 Å². The van der Waals surface area contributed by atoms with Crippen LogP contribution in [0.2, 0.25) is 0 Å². The first-order valence-corrected chi connectivity index (χ1v) is 7.32. The van der Waals surface area contributed by atoms with E-state index < -0.39 is 0 Å². The smallest absolute Gasteiger partial charge is 0.255 e. The molecule has 1 aliphatic carbocycles. The zero-order chi connectivity index (χ0) is 14.8. The Bertz CT molecular complexity index is 668. The van der Waals surface area contributed by atoms with Crippen LogP contribution in [0.5, 0.6) is 5.75 Å². The van der Waals surface area contributed by atoms with Crippen LogP contribution in [-0.4, -0.2) is 28.8 Å². The van der Waals surface area contributed by atoms with Crippen molar-refractivity contribution in [3.63, 3.8) is 0 Å². The van der Waals surface area contributed by atoms with Crippen LogP contribution in [0.4, 0.5) is 0 Å². The Morgan fingerprint density at radius 1 is 1.19 bits per heavy atom. The summed E-state index contributed by atoms with van der Waals surface area (Å²) in [4.78, 5) is 12.2. The zero-order valence-corrected chi connectivity index (χ0v) is 11.7. The van der Waals surface area contributed by atoms with Crippen molar-refractivity contribution in [1.82, 2.24) is 5.32 Å². The molecule has 0 bridgehead atoms. The molecule has 1 aliphatic rings. The van der Waals surface area contributed by atoms with E-state index in [4.69, 9.17) is 0 Å². The van der Waals surface area contributed by atoms with Gasteiger partial charge in [-0.1, -0.05) is 30.3 Å². The first-order chi connectivity index (χ1) is 10.1. The number of aliphatic hydroxyl groups excluding tert-OH is 1. The van der Waals surface area contributed by atoms with Crippen LogP contribution in [0, 0.1) is 5.92 Å². The van der Waals surface area contributed by atoms with Gasteiger partial charge in [-0.2, -0.15) is 0 Å². The van der Waals surface area contributed by atoms with Gasteiger partial charge < -0.3 is 15.5 Å². The molecule has 0 aromatic heterocycles. The second kappa shape index (κ2) is 5.74. The van der Waals surface area contributed by atoms with Crippen molar-refractivity contribution in [2.75, 3.05) is 6.54 Å². The number of aromatic hydroxyl groups is 1. The van der Waals surface area contributed by atoms with E-state index >= 15 is 0 Å². The second-order valence-corrected chi connectivity index (χ2v) is 5.73. The highest BCUT2D eigenvalue weighted by molar-refractivity contribution is 6.03. The summed E-state index contributed by atoms with van der Waals surface area (Å²) < 4.78 is 0. The lowest BCUT2D eigenvalue weighted by molar-refractivity contribution is 0.0942. The van der Waals surface area contributed by atoms with Gasteiger partial charge in [0.25, 0.3) is 5.91 Å². The van der Waals surface area contributed by atoms with Gasteiger partial charge in [0.05, 0.1) is 11.7 Å². The molecule has 1 fully saturated rings. The predicted molar refractivity (Wildman–Crippen MR) is 81.3 cm³/mol. The number of fused-ring (bicyclic) bond motifs is 1. The third-order valence-electron chi connectivity index (χ3n) is 4.21.